The molecule has 0 unspecified atom stereocenters. The van der Waals surface area contributed by atoms with Gasteiger partial charge in [0.05, 0.1) is 5.41 Å². The van der Waals surface area contributed by atoms with Gasteiger partial charge in [0.2, 0.25) is 5.91 Å². The van der Waals surface area contributed by atoms with Gasteiger partial charge in [-0.05, 0) is 31.2 Å². The van der Waals surface area contributed by atoms with Gasteiger partial charge in [-0.2, -0.15) is 0 Å². The van der Waals surface area contributed by atoms with Crippen molar-refractivity contribution in [2.45, 2.75) is 44.9 Å². The van der Waals surface area contributed by atoms with E-state index in [0.717, 1.165) is 45.1 Å². The number of nitrogens with zero attached hydrogens (tertiary/aromatic N) is 1. The van der Waals surface area contributed by atoms with E-state index in [1.807, 2.05) is 18.0 Å². The van der Waals surface area contributed by atoms with Crippen molar-refractivity contribution in [3.8, 4) is 0 Å². The van der Waals surface area contributed by atoms with Gasteiger partial charge in [0.1, 0.15) is 0 Å². The van der Waals surface area contributed by atoms with Crippen LogP contribution in [-0.2, 0) is 11.2 Å². The second-order valence-electron chi connectivity index (χ2n) is 6.36. The molecule has 1 aromatic carbocycles. The van der Waals surface area contributed by atoms with Gasteiger partial charge in [-0.3, -0.25) is 4.79 Å². The Bertz CT molecular complexity index is 438. The maximum Gasteiger partial charge on any atom is 0.229 e. The van der Waals surface area contributed by atoms with Crippen LogP contribution < -0.4 is 5.73 Å². The molecular formula is C18H28N2O. The van der Waals surface area contributed by atoms with E-state index in [-0.39, 0.29) is 11.3 Å². The van der Waals surface area contributed by atoms with Crippen LogP contribution in [-0.4, -0.2) is 30.9 Å². The van der Waals surface area contributed by atoms with Crippen molar-refractivity contribution >= 4 is 5.91 Å². The Kier molecular flexibility index (Phi) is 5.80. The SMILES string of the molecule is CN(CCCc1ccccc1)C(=O)C1(CN)CCCCC1. The van der Waals surface area contributed by atoms with Crippen molar-refractivity contribution in [3.05, 3.63) is 35.9 Å². The molecule has 0 bridgehead atoms. The Labute approximate surface area is 128 Å². The smallest absolute Gasteiger partial charge is 0.229 e. The maximum atomic E-state index is 12.7. The summed E-state index contributed by atoms with van der Waals surface area (Å²) in [5, 5.41) is 0. The van der Waals surface area contributed by atoms with Gasteiger partial charge >= 0.3 is 0 Å². The van der Waals surface area contributed by atoms with Crippen LogP contribution in [0.5, 0.6) is 0 Å². The molecule has 1 aliphatic rings. The molecule has 0 saturated heterocycles. The van der Waals surface area contributed by atoms with Crippen molar-refractivity contribution in [3.63, 3.8) is 0 Å². The third-order valence-corrected chi connectivity index (χ3v) is 4.80. The number of aryl methyl sites for hydroxylation is 1. The van der Waals surface area contributed by atoms with E-state index in [9.17, 15) is 4.79 Å². The highest BCUT2D eigenvalue weighted by Crippen LogP contribution is 2.36. The lowest BCUT2D eigenvalue weighted by Gasteiger charge is -2.37. The van der Waals surface area contributed by atoms with Crippen LogP contribution in [0.1, 0.15) is 44.1 Å². The number of hydrogen-bond donors (Lipinski definition) is 1. The average Bonchev–Trinajstić information content (AvgIpc) is 2.55. The zero-order valence-corrected chi connectivity index (χ0v) is 13.2. The third-order valence-electron chi connectivity index (χ3n) is 4.80. The minimum Gasteiger partial charge on any atom is -0.345 e. The quantitative estimate of drug-likeness (QED) is 0.874. The lowest BCUT2D eigenvalue weighted by Crippen LogP contribution is -2.48. The number of carbonyl (C=O) groups excluding carboxylic acids is 1. The third kappa shape index (κ3) is 4.07. The van der Waals surface area contributed by atoms with E-state index in [1.165, 1.54) is 12.0 Å². The van der Waals surface area contributed by atoms with E-state index < -0.39 is 0 Å². The van der Waals surface area contributed by atoms with Crippen LogP contribution in [0.3, 0.4) is 0 Å². The van der Waals surface area contributed by atoms with E-state index in [0.29, 0.717) is 6.54 Å². The number of rotatable bonds is 6. The average molecular weight is 288 g/mol. The number of benzene rings is 1. The van der Waals surface area contributed by atoms with Crippen molar-refractivity contribution in [1.29, 1.82) is 0 Å². The first-order valence-electron chi connectivity index (χ1n) is 8.17. The fraction of sp³-hybridized carbons (Fsp3) is 0.611. The largest absolute Gasteiger partial charge is 0.345 e. The first-order chi connectivity index (χ1) is 10.2. The lowest BCUT2D eigenvalue weighted by atomic mass is 9.73. The standard InChI is InChI=1S/C18H28N2O/c1-20(14-8-11-16-9-4-2-5-10-16)17(21)18(15-19)12-6-3-7-13-18/h2,4-5,9-10H,3,6-8,11-15,19H2,1H3. The summed E-state index contributed by atoms with van der Waals surface area (Å²) in [4.78, 5) is 14.6. The summed E-state index contributed by atoms with van der Waals surface area (Å²) < 4.78 is 0. The molecule has 1 saturated carbocycles. The molecule has 116 valence electrons. The Hall–Kier alpha value is -1.35. The Morgan fingerprint density at radius 1 is 1.19 bits per heavy atom. The molecule has 0 aliphatic heterocycles. The number of amides is 1. The molecular weight excluding hydrogens is 260 g/mol. The highest BCUT2D eigenvalue weighted by Gasteiger charge is 2.39. The van der Waals surface area contributed by atoms with E-state index in [4.69, 9.17) is 5.73 Å². The highest BCUT2D eigenvalue weighted by molar-refractivity contribution is 5.82. The Morgan fingerprint density at radius 2 is 1.86 bits per heavy atom. The van der Waals surface area contributed by atoms with Gasteiger partial charge in [-0.1, -0.05) is 49.6 Å². The number of hydrogen-bond acceptors (Lipinski definition) is 2. The summed E-state index contributed by atoms with van der Waals surface area (Å²) >= 11 is 0. The van der Waals surface area contributed by atoms with Crippen molar-refractivity contribution in [2.24, 2.45) is 11.1 Å². The summed E-state index contributed by atoms with van der Waals surface area (Å²) in [5.74, 6) is 0.262. The normalized spacial score (nSPS) is 17.4. The Morgan fingerprint density at radius 3 is 2.48 bits per heavy atom. The molecule has 3 heteroatoms. The summed E-state index contributed by atoms with van der Waals surface area (Å²) in [5.41, 5.74) is 7.01. The fourth-order valence-corrected chi connectivity index (χ4v) is 3.41. The second-order valence-corrected chi connectivity index (χ2v) is 6.36. The summed E-state index contributed by atoms with van der Waals surface area (Å²) in [6.45, 7) is 1.31. The summed E-state index contributed by atoms with van der Waals surface area (Å²) in [7, 11) is 1.93. The van der Waals surface area contributed by atoms with Crippen LogP contribution in [0.15, 0.2) is 30.3 Å². The van der Waals surface area contributed by atoms with Gasteiger partial charge in [0, 0.05) is 20.1 Å². The molecule has 1 aromatic rings. The molecule has 2 N–H and O–H groups in total. The molecule has 1 fully saturated rings. The molecule has 2 rings (SSSR count). The van der Waals surface area contributed by atoms with Gasteiger partial charge in [-0.25, -0.2) is 0 Å². The van der Waals surface area contributed by atoms with Gasteiger partial charge in [-0.15, -0.1) is 0 Å². The minimum atomic E-state index is -0.278. The van der Waals surface area contributed by atoms with Crippen LogP contribution in [0.2, 0.25) is 0 Å². The molecule has 3 nitrogen and oxygen atoms in total. The first-order valence-corrected chi connectivity index (χ1v) is 8.17. The monoisotopic (exact) mass is 288 g/mol. The fourth-order valence-electron chi connectivity index (χ4n) is 3.41. The van der Waals surface area contributed by atoms with Crippen LogP contribution in [0.4, 0.5) is 0 Å². The van der Waals surface area contributed by atoms with Crippen LogP contribution >= 0.6 is 0 Å². The van der Waals surface area contributed by atoms with E-state index in [2.05, 4.69) is 24.3 Å². The predicted molar refractivity (Wildman–Crippen MR) is 87.0 cm³/mol. The topological polar surface area (TPSA) is 46.3 Å². The molecule has 1 aliphatic carbocycles. The number of nitrogens with two attached hydrogens (primary N) is 1. The minimum absolute atomic E-state index is 0.262. The predicted octanol–water partition coefficient (Wildman–Crippen LogP) is 2.99. The molecule has 21 heavy (non-hydrogen) atoms. The molecule has 0 radical (unpaired) electrons. The van der Waals surface area contributed by atoms with E-state index in [1.54, 1.807) is 0 Å². The second kappa shape index (κ2) is 7.60. The molecule has 0 heterocycles. The molecule has 0 atom stereocenters. The van der Waals surface area contributed by atoms with Gasteiger partial charge in [0.15, 0.2) is 0 Å². The highest BCUT2D eigenvalue weighted by atomic mass is 16.2. The summed E-state index contributed by atoms with van der Waals surface area (Å²) in [6.07, 6.45) is 7.48. The van der Waals surface area contributed by atoms with Crippen molar-refractivity contribution < 1.29 is 4.79 Å². The Balaban J connectivity index is 1.84. The zero-order valence-electron chi connectivity index (χ0n) is 13.2. The van der Waals surface area contributed by atoms with Crippen LogP contribution in [0.25, 0.3) is 0 Å². The zero-order chi connectivity index (χ0) is 15.1. The lowest BCUT2D eigenvalue weighted by molar-refractivity contribution is -0.142. The molecule has 0 spiro atoms. The van der Waals surface area contributed by atoms with E-state index >= 15 is 0 Å². The van der Waals surface area contributed by atoms with Crippen molar-refractivity contribution in [1.82, 2.24) is 4.90 Å². The van der Waals surface area contributed by atoms with Crippen molar-refractivity contribution in [2.75, 3.05) is 20.1 Å². The van der Waals surface area contributed by atoms with Crippen LogP contribution in [0, 0.1) is 5.41 Å². The van der Waals surface area contributed by atoms with Gasteiger partial charge in [0.25, 0.3) is 0 Å². The number of carbonyl (C=O) groups is 1. The molecule has 1 amide bonds. The summed E-state index contributed by atoms with van der Waals surface area (Å²) in [6, 6.07) is 10.5. The molecule has 0 aromatic heterocycles. The maximum absolute atomic E-state index is 12.7. The van der Waals surface area contributed by atoms with Gasteiger partial charge < -0.3 is 10.6 Å². The first kappa shape index (κ1) is 16.0.